The summed E-state index contributed by atoms with van der Waals surface area (Å²) in [6.45, 7) is 3.46. The maximum atomic E-state index is 11.8. The summed E-state index contributed by atoms with van der Waals surface area (Å²) in [5.74, 6) is 1.78. The molecule has 26 heavy (non-hydrogen) atoms. The molecular formula is C19H20N6O. The lowest BCUT2D eigenvalue weighted by atomic mass is 10.2. The van der Waals surface area contributed by atoms with Crippen molar-refractivity contribution < 1.29 is 4.79 Å². The Kier molecular flexibility index (Phi) is 4.40. The van der Waals surface area contributed by atoms with Crippen LogP contribution in [0.1, 0.15) is 18.4 Å². The highest BCUT2D eigenvalue weighted by atomic mass is 16.2. The fraction of sp³-hybridized carbons (Fsp3) is 0.368. The van der Waals surface area contributed by atoms with Crippen LogP contribution in [-0.4, -0.2) is 42.1 Å². The Hall–Kier alpha value is -3.14. The van der Waals surface area contributed by atoms with Crippen molar-refractivity contribution in [3.8, 4) is 6.07 Å². The molecule has 0 aromatic carbocycles. The number of carbonyl (C=O) groups is 1. The molecule has 2 aliphatic rings. The van der Waals surface area contributed by atoms with Crippen LogP contribution >= 0.6 is 0 Å². The zero-order valence-electron chi connectivity index (χ0n) is 14.4. The van der Waals surface area contributed by atoms with E-state index in [9.17, 15) is 4.79 Å². The lowest BCUT2D eigenvalue weighted by Gasteiger charge is -2.36. The molecule has 0 radical (unpaired) electrons. The van der Waals surface area contributed by atoms with Crippen LogP contribution in [0, 0.1) is 17.2 Å². The van der Waals surface area contributed by atoms with Crippen LogP contribution in [0.25, 0.3) is 0 Å². The number of nitrogens with one attached hydrogen (secondary N) is 1. The van der Waals surface area contributed by atoms with E-state index in [1.165, 1.54) is 0 Å². The predicted molar refractivity (Wildman–Crippen MR) is 99.0 cm³/mol. The molecule has 4 rings (SSSR count). The molecule has 3 heterocycles. The third-order valence-electron chi connectivity index (χ3n) is 4.79. The quantitative estimate of drug-likeness (QED) is 0.910. The molecule has 2 fully saturated rings. The van der Waals surface area contributed by atoms with Crippen molar-refractivity contribution in [3.05, 3.63) is 42.2 Å². The number of nitriles is 1. The Morgan fingerprint density at radius 2 is 1.81 bits per heavy atom. The van der Waals surface area contributed by atoms with Crippen LogP contribution < -0.4 is 15.1 Å². The third kappa shape index (κ3) is 3.59. The summed E-state index contributed by atoms with van der Waals surface area (Å²) in [5.41, 5.74) is 1.63. The van der Waals surface area contributed by atoms with Crippen LogP contribution in [0.2, 0.25) is 0 Å². The van der Waals surface area contributed by atoms with Crippen molar-refractivity contribution in [2.75, 3.05) is 41.3 Å². The van der Waals surface area contributed by atoms with E-state index in [1.54, 1.807) is 12.3 Å². The number of anilines is 3. The van der Waals surface area contributed by atoms with Crippen LogP contribution in [-0.2, 0) is 4.79 Å². The van der Waals surface area contributed by atoms with Gasteiger partial charge in [0.15, 0.2) is 0 Å². The SMILES string of the molecule is N#Cc1ccc(N2CCN(c3ccc(NC(=O)C4CC4)nc3)CC2)nc1. The number of pyridine rings is 2. The predicted octanol–water partition coefficient (Wildman–Crippen LogP) is 2.02. The Bertz CT molecular complexity index is 815. The highest BCUT2D eigenvalue weighted by Crippen LogP contribution is 2.30. The summed E-state index contributed by atoms with van der Waals surface area (Å²) in [6.07, 6.45) is 5.41. The van der Waals surface area contributed by atoms with Crippen molar-refractivity contribution in [2.45, 2.75) is 12.8 Å². The summed E-state index contributed by atoms with van der Waals surface area (Å²) < 4.78 is 0. The normalized spacial score (nSPS) is 16.9. The van der Waals surface area contributed by atoms with Crippen LogP contribution in [0.4, 0.5) is 17.3 Å². The topological polar surface area (TPSA) is 85.2 Å². The molecule has 1 saturated carbocycles. The summed E-state index contributed by atoms with van der Waals surface area (Å²) in [4.78, 5) is 25.0. The number of piperazine rings is 1. The first kappa shape index (κ1) is 16.3. The van der Waals surface area contributed by atoms with Gasteiger partial charge in [0, 0.05) is 38.3 Å². The molecule has 2 aromatic rings. The summed E-state index contributed by atoms with van der Waals surface area (Å²) in [7, 11) is 0. The van der Waals surface area contributed by atoms with E-state index >= 15 is 0 Å². The first-order valence-corrected chi connectivity index (χ1v) is 8.86. The minimum atomic E-state index is 0.0776. The molecule has 1 amide bonds. The van der Waals surface area contributed by atoms with E-state index < -0.39 is 0 Å². The van der Waals surface area contributed by atoms with Crippen molar-refractivity contribution in [1.29, 1.82) is 5.26 Å². The van der Waals surface area contributed by atoms with Gasteiger partial charge in [0.1, 0.15) is 17.7 Å². The lowest BCUT2D eigenvalue weighted by Crippen LogP contribution is -2.46. The number of hydrogen-bond donors (Lipinski definition) is 1. The molecule has 2 aromatic heterocycles. The maximum absolute atomic E-state index is 11.8. The van der Waals surface area contributed by atoms with Gasteiger partial charge in [-0.25, -0.2) is 9.97 Å². The first-order valence-electron chi connectivity index (χ1n) is 8.86. The van der Waals surface area contributed by atoms with Crippen LogP contribution in [0.15, 0.2) is 36.7 Å². The van der Waals surface area contributed by atoms with E-state index in [0.717, 1.165) is 50.5 Å². The fourth-order valence-corrected chi connectivity index (χ4v) is 3.05. The molecule has 1 aliphatic heterocycles. The minimum Gasteiger partial charge on any atom is -0.367 e. The van der Waals surface area contributed by atoms with Gasteiger partial charge in [-0.2, -0.15) is 5.26 Å². The smallest absolute Gasteiger partial charge is 0.228 e. The molecule has 7 nitrogen and oxygen atoms in total. The van der Waals surface area contributed by atoms with Crippen molar-refractivity contribution in [1.82, 2.24) is 9.97 Å². The van der Waals surface area contributed by atoms with Gasteiger partial charge in [-0.15, -0.1) is 0 Å². The average Bonchev–Trinajstić information content (AvgIpc) is 3.54. The summed E-state index contributed by atoms with van der Waals surface area (Å²) in [5, 5.41) is 11.7. The van der Waals surface area contributed by atoms with Gasteiger partial charge in [0.05, 0.1) is 17.4 Å². The molecule has 7 heteroatoms. The van der Waals surface area contributed by atoms with Crippen molar-refractivity contribution in [3.63, 3.8) is 0 Å². The molecular weight excluding hydrogens is 328 g/mol. The zero-order valence-corrected chi connectivity index (χ0v) is 14.4. The first-order chi connectivity index (χ1) is 12.7. The van der Waals surface area contributed by atoms with E-state index in [0.29, 0.717) is 11.4 Å². The summed E-state index contributed by atoms with van der Waals surface area (Å²) in [6, 6.07) is 9.65. The number of hydrogen-bond acceptors (Lipinski definition) is 6. The van der Waals surface area contributed by atoms with E-state index in [1.807, 2.05) is 24.4 Å². The monoisotopic (exact) mass is 348 g/mol. The molecule has 132 valence electrons. The Labute approximate surface area is 152 Å². The number of amides is 1. The molecule has 0 spiro atoms. The second kappa shape index (κ2) is 7.00. The van der Waals surface area contributed by atoms with Gasteiger partial charge in [-0.3, -0.25) is 4.79 Å². The van der Waals surface area contributed by atoms with Crippen LogP contribution in [0.3, 0.4) is 0 Å². The highest BCUT2D eigenvalue weighted by molar-refractivity contribution is 5.93. The van der Waals surface area contributed by atoms with Gasteiger partial charge in [0.25, 0.3) is 0 Å². The molecule has 0 unspecified atom stereocenters. The second-order valence-electron chi connectivity index (χ2n) is 6.66. The van der Waals surface area contributed by atoms with E-state index in [-0.39, 0.29) is 11.8 Å². The second-order valence-corrected chi connectivity index (χ2v) is 6.66. The van der Waals surface area contributed by atoms with Gasteiger partial charge >= 0.3 is 0 Å². The molecule has 1 saturated heterocycles. The van der Waals surface area contributed by atoms with E-state index in [2.05, 4.69) is 31.2 Å². The van der Waals surface area contributed by atoms with Crippen molar-refractivity contribution >= 4 is 23.2 Å². The lowest BCUT2D eigenvalue weighted by molar-refractivity contribution is -0.117. The van der Waals surface area contributed by atoms with Crippen molar-refractivity contribution in [2.24, 2.45) is 5.92 Å². The number of rotatable bonds is 4. The van der Waals surface area contributed by atoms with Gasteiger partial charge in [-0.05, 0) is 37.1 Å². The number of nitrogens with zero attached hydrogens (tertiary/aromatic N) is 5. The third-order valence-corrected chi connectivity index (χ3v) is 4.79. The molecule has 0 atom stereocenters. The Morgan fingerprint density at radius 1 is 1.04 bits per heavy atom. The highest BCUT2D eigenvalue weighted by Gasteiger charge is 2.29. The summed E-state index contributed by atoms with van der Waals surface area (Å²) >= 11 is 0. The fourth-order valence-electron chi connectivity index (χ4n) is 3.05. The Morgan fingerprint density at radius 3 is 2.38 bits per heavy atom. The minimum absolute atomic E-state index is 0.0776. The largest absolute Gasteiger partial charge is 0.367 e. The van der Waals surface area contributed by atoms with Gasteiger partial charge < -0.3 is 15.1 Å². The zero-order chi connectivity index (χ0) is 17.9. The van der Waals surface area contributed by atoms with Crippen LogP contribution in [0.5, 0.6) is 0 Å². The molecule has 1 N–H and O–H groups in total. The standard InChI is InChI=1S/C19H20N6O/c20-11-14-1-6-18(22-12-14)25-9-7-24(8-10-25)16-4-5-17(21-13-16)23-19(26)15-2-3-15/h1,4-6,12-13,15H,2-3,7-10H2,(H,21,23,26). The van der Waals surface area contributed by atoms with E-state index in [4.69, 9.17) is 5.26 Å². The average molecular weight is 348 g/mol. The van der Waals surface area contributed by atoms with Gasteiger partial charge in [0.2, 0.25) is 5.91 Å². The maximum Gasteiger partial charge on any atom is 0.228 e. The molecule has 0 bridgehead atoms. The van der Waals surface area contributed by atoms with Gasteiger partial charge in [-0.1, -0.05) is 0 Å². The number of carbonyl (C=O) groups excluding carboxylic acids is 1. The molecule has 1 aliphatic carbocycles. The Balaban J connectivity index is 1.33. The number of aromatic nitrogens is 2.